The second-order valence-electron chi connectivity index (χ2n) is 4.21. The van der Waals surface area contributed by atoms with E-state index >= 15 is 0 Å². The van der Waals surface area contributed by atoms with E-state index in [0.29, 0.717) is 6.54 Å². The standard InChI is InChI=1S/C13H20BrFN2O/c1-17(7-8-18-2)6-5-16-10-11-9-12(15)3-4-13(11)14/h3-4,9,16H,5-8,10H2,1-2H3. The van der Waals surface area contributed by atoms with Gasteiger partial charge in [0.2, 0.25) is 0 Å². The lowest BCUT2D eigenvalue weighted by Crippen LogP contribution is -2.31. The number of benzene rings is 1. The van der Waals surface area contributed by atoms with Crippen LogP contribution in [-0.2, 0) is 11.3 Å². The Hall–Kier alpha value is -0.490. The lowest BCUT2D eigenvalue weighted by Gasteiger charge is -2.16. The second kappa shape index (κ2) is 8.58. The fraction of sp³-hybridized carbons (Fsp3) is 0.538. The molecule has 0 bridgehead atoms. The van der Waals surface area contributed by atoms with Crippen LogP contribution in [0.3, 0.4) is 0 Å². The Labute approximate surface area is 116 Å². The highest BCUT2D eigenvalue weighted by Gasteiger charge is 2.02. The van der Waals surface area contributed by atoms with E-state index in [9.17, 15) is 4.39 Å². The zero-order valence-corrected chi connectivity index (χ0v) is 12.5. The van der Waals surface area contributed by atoms with Crippen LogP contribution in [0.5, 0.6) is 0 Å². The van der Waals surface area contributed by atoms with Gasteiger partial charge in [-0.25, -0.2) is 4.39 Å². The van der Waals surface area contributed by atoms with Gasteiger partial charge in [0.25, 0.3) is 0 Å². The molecular weight excluding hydrogens is 299 g/mol. The average Bonchev–Trinajstić information content (AvgIpc) is 2.36. The lowest BCUT2D eigenvalue weighted by molar-refractivity contribution is 0.161. The molecule has 0 spiro atoms. The largest absolute Gasteiger partial charge is 0.383 e. The Balaban J connectivity index is 2.23. The van der Waals surface area contributed by atoms with Gasteiger partial charge in [0, 0.05) is 37.8 Å². The fourth-order valence-electron chi connectivity index (χ4n) is 1.53. The van der Waals surface area contributed by atoms with Gasteiger partial charge in [0.1, 0.15) is 5.82 Å². The summed E-state index contributed by atoms with van der Waals surface area (Å²) in [7, 11) is 3.76. The molecule has 0 aliphatic rings. The van der Waals surface area contributed by atoms with E-state index in [2.05, 4.69) is 33.2 Å². The number of ether oxygens (including phenoxy) is 1. The van der Waals surface area contributed by atoms with Crippen molar-refractivity contribution in [3.05, 3.63) is 34.1 Å². The maximum Gasteiger partial charge on any atom is 0.123 e. The molecule has 1 N–H and O–H groups in total. The first-order valence-corrected chi connectivity index (χ1v) is 6.75. The third-order valence-electron chi connectivity index (χ3n) is 2.67. The third kappa shape index (κ3) is 5.91. The van der Waals surface area contributed by atoms with E-state index < -0.39 is 0 Å². The molecule has 0 atom stereocenters. The molecule has 102 valence electrons. The molecule has 0 saturated heterocycles. The van der Waals surface area contributed by atoms with Gasteiger partial charge in [-0.1, -0.05) is 15.9 Å². The number of halogens is 2. The Morgan fingerprint density at radius 1 is 1.39 bits per heavy atom. The maximum absolute atomic E-state index is 13.1. The summed E-state index contributed by atoms with van der Waals surface area (Å²) >= 11 is 3.41. The van der Waals surface area contributed by atoms with Crippen molar-refractivity contribution in [1.29, 1.82) is 0 Å². The molecule has 0 radical (unpaired) electrons. The molecule has 0 saturated carbocycles. The smallest absolute Gasteiger partial charge is 0.123 e. The summed E-state index contributed by atoms with van der Waals surface area (Å²) in [6, 6.07) is 4.73. The number of nitrogens with one attached hydrogen (secondary N) is 1. The summed E-state index contributed by atoms with van der Waals surface area (Å²) < 4.78 is 19.0. The van der Waals surface area contributed by atoms with E-state index in [1.54, 1.807) is 19.2 Å². The number of methoxy groups -OCH3 is 1. The zero-order chi connectivity index (χ0) is 13.4. The number of rotatable bonds is 8. The zero-order valence-electron chi connectivity index (χ0n) is 10.9. The van der Waals surface area contributed by atoms with Gasteiger partial charge in [-0.3, -0.25) is 0 Å². The minimum absolute atomic E-state index is 0.202. The predicted octanol–water partition coefficient (Wildman–Crippen LogP) is 2.26. The van der Waals surface area contributed by atoms with E-state index in [4.69, 9.17) is 4.74 Å². The molecule has 5 heteroatoms. The molecule has 0 amide bonds. The van der Waals surface area contributed by atoms with E-state index in [1.165, 1.54) is 6.07 Å². The normalized spacial score (nSPS) is 11.2. The number of likely N-dealkylation sites (N-methyl/N-ethyl adjacent to an activating group) is 1. The Morgan fingerprint density at radius 3 is 2.89 bits per heavy atom. The highest BCUT2D eigenvalue weighted by atomic mass is 79.9. The highest BCUT2D eigenvalue weighted by molar-refractivity contribution is 9.10. The molecular formula is C13H20BrFN2O. The van der Waals surface area contributed by atoms with E-state index in [-0.39, 0.29) is 5.82 Å². The summed E-state index contributed by atoms with van der Waals surface area (Å²) in [5.74, 6) is -0.202. The minimum atomic E-state index is -0.202. The lowest BCUT2D eigenvalue weighted by atomic mass is 10.2. The summed E-state index contributed by atoms with van der Waals surface area (Å²) in [4.78, 5) is 2.19. The molecule has 0 aromatic heterocycles. The first-order valence-electron chi connectivity index (χ1n) is 5.95. The summed E-state index contributed by atoms with van der Waals surface area (Å²) in [6.07, 6.45) is 0. The predicted molar refractivity (Wildman–Crippen MR) is 75.2 cm³/mol. The number of hydrogen-bond acceptors (Lipinski definition) is 3. The van der Waals surface area contributed by atoms with Gasteiger partial charge in [-0.05, 0) is 30.8 Å². The molecule has 0 fully saturated rings. The second-order valence-corrected chi connectivity index (χ2v) is 5.06. The van der Waals surface area contributed by atoms with Crippen LogP contribution in [0, 0.1) is 5.82 Å². The van der Waals surface area contributed by atoms with Gasteiger partial charge in [-0.15, -0.1) is 0 Å². The Morgan fingerprint density at radius 2 is 2.17 bits per heavy atom. The molecule has 1 aromatic rings. The molecule has 0 aliphatic heterocycles. The highest BCUT2D eigenvalue weighted by Crippen LogP contribution is 2.17. The van der Waals surface area contributed by atoms with Gasteiger partial charge in [-0.2, -0.15) is 0 Å². The van der Waals surface area contributed by atoms with Crippen LogP contribution in [-0.4, -0.2) is 45.3 Å². The molecule has 0 heterocycles. The van der Waals surface area contributed by atoms with Crippen LogP contribution in [0.1, 0.15) is 5.56 Å². The SMILES string of the molecule is COCCN(C)CCNCc1cc(F)ccc1Br. The van der Waals surface area contributed by atoms with Crippen molar-refractivity contribution in [2.24, 2.45) is 0 Å². The van der Waals surface area contributed by atoms with Gasteiger partial charge < -0.3 is 15.0 Å². The quantitative estimate of drug-likeness (QED) is 0.744. The van der Waals surface area contributed by atoms with Crippen molar-refractivity contribution >= 4 is 15.9 Å². The average molecular weight is 319 g/mol. The van der Waals surface area contributed by atoms with Crippen molar-refractivity contribution in [3.63, 3.8) is 0 Å². The maximum atomic E-state index is 13.1. The molecule has 0 aliphatic carbocycles. The molecule has 1 aromatic carbocycles. The van der Waals surface area contributed by atoms with E-state index in [1.807, 2.05) is 0 Å². The first kappa shape index (κ1) is 15.6. The van der Waals surface area contributed by atoms with E-state index in [0.717, 1.165) is 36.3 Å². The number of nitrogens with zero attached hydrogens (tertiary/aromatic N) is 1. The van der Waals surface area contributed by atoms with Crippen LogP contribution < -0.4 is 5.32 Å². The van der Waals surface area contributed by atoms with Crippen LogP contribution in [0.25, 0.3) is 0 Å². The monoisotopic (exact) mass is 318 g/mol. The summed E-state index contributed by atoms with van der Waals surface area (Å²) in [5.41, 5.74) is 0.939. The summed E-state index contributed by atoms with van der Waals surface area (Å²) in [5, 5.41) is 3.30. The Bertz CT molecular complexity index is 363. The van der Waals surface area contributed by atoms with Crippen molar-refractivity contribution in [3.8, 4) is 0 Å². The molecule has 3 nitrogen and oxygen atoms in total. The van der Waals surface area contributed by atoms with Crippen molar-refractivity contribution in [2.45, 2.75) is 6.54 Å². The van der Waals surface area contributed by atoms with Crippen molar-refractivity contribution in [1.82, 2.24) is 10.2 Å². The topological polar surface area (TPSA) is 24.5 Å². The third-order valence-corrected chi connectivity index (χ3v) is 3.44. The van der Waals surface area contributed by atoms with Crippen LogP contribution in [0.4, 0.5) is 4.39 Å². The van der Waals surface area contributed by atoms with Crippen molar-refractivity contribution in [2.75, 3.05) is 40.4 Å². The van der Waals surface area contributed by atoms with Crippen LogP contribution in [0.2, 0.25) is 0 Å². The molecule has 18 heavy (non-hydrogen) atoms. The van der Waals surface area contributed by atoms with Crippen LogP contribution >= 0.6 is 15.9 Å². The van der Waals surface area contributed by atoms with Gasteiger partial charge in [0.05, 0.1) is 6.61 Å². The fourth-order valence-corrected chi connectivity index (χ4v) is 1.92. The van der Waals surface area contributed by atoms with Crippen molar-refractivity contribution < 1.29 is 9.13 Å². The first-order chi connectivity index (χ1) is 8.63. The van der Waals surface area contributed by atoms with Gasteiger partial charge in [0.15, 0.2) is 0 Å². The Kier molecular flexibility index (Phi) is 7.42. The van der Waals surface area contributed by atoms with Crippen LogP contribution in [0.15, 0.2) is 22.7 Å². The minimum Gasteiger partial charge on any atom is -0.383 e. The molecule has 1 rings (SSSR count). The number of hydrogen-bond donors (Lipinski definition) is 1. The summed E-state index contributed by atoms with van der Waals surface area (Å²) in [6.45, 7) is 4.13. The molecule has 0 unspecified atom stereocenters. The van der Waals surface area contributed by atoms with Gasteiger partial charge >= 0.3 is 0 Å².